The van der Waals surface area contributed by atoms with E-state index in [1.165, 1.54) is 0 Å². The Morgan fingerprint density at radius 1 is 1.11 bits per heavy atom. The zero-order chi connectivity index (χ0) is 18.6. The fourth-order valence-corrected chi connectivity index (χ4v) is 2.89. The molecule has 0 fully saturated rings. The average molecular weight is 366 g/mol. The van der Waals surface area contributed by atoms with E-state index >= 15 is 0 Å². The summed E-state index contributed by atoms with van der Waals surface area (Å²) in [5, 5.41) is 3.45. The molecule has 2 N–H and O–H groups in total. The molecule has 0 bridgehead atoms. The SMILES string of the molecule is O=C(COC(=O)c1c[nH]c2ccccc12)NC[C@H]1COc2ccccc2O1. The van der Waals surface area contributed by atoms with Crippen LogP contribution in [0.4, 0.5) is 0 Å². The first kappa shape index (κ1) is 17.0. The summed E-state index contributed by atoms with van der Waals surface area (Å²) in [5.74, 6) is 0.390. The van der Waals surface area contributed by atoms with E-state index in [9.17, 15) is 9.59 Å². The Hall–Kier alpha value is -3.48. The van der Waals surface area contributed by atoms with Crippen molar-refractivity contribution in [3.63, 3.8) is 0 Å². The van der Waals surface area contributed by atoms with Gasteiger partial charge in [0.05, 0.1) is 12.1 Å². The molecule has 7 heteroatoms. The Balaban J connectivity index is 1.26. The van der Waals surface area contributed by atoms with E-state index in [1.54, 1.807) is 6.20 Å². The van der Waals surface area contributed by atoms with Crippen LogP contribution in [0, 0.1) is 0 Å². The molecule has 4 rings (SSSR count). The minimum absolute atomic E-state index is 0.262. The monoisotopic (exact) mass is 366 g/mol. The smallest absolute Gasteiger partial charge is 0.340 e. The molecular weight excluding hydrogens is 348 g/mol. The van der Waals surface area contributed by atoms with E-state index in [0.29, 0.717) is 23.7 Å². The lowest BCUT2D eigenvalue weighted by molar-refractivity contribution is -0.124. The highest BCUT2D eigenvalue weighted by Crippen LogP contribution is 2.30. The molecule has 1 aromatic heterocycles. The van der Waals surface area contributed by atoms with Crippen LogP contribution in [0.2, 0.25) is 0 Å². The number of aromatic nitrogens is 1. The number of aromatic amines is 1. The van der Waals surface area contributed by atoms with Gasteiger partial charge in [-0.1, -0.05) is 30.3 Å². The zero-order valence-electron chi connectivity index (χ0n) is 14.4. The van der Waals surface area contributed by atoms with Crippen LogP contribution in [0.15, 0.2) is 54.7 Å². The third-order valence-corrected chi connectivity index (χ3v) is 4.24. The number of hydrogen-bond acceptors (Lipinski definition) is 5. The van der Waals surface area contributed by atoms with Crippen molar-refractivity contribution < 1.29 is 23.8 Å². The first-order valence-corrected chi connectivity index (χ1v) is 8.59. The second-order valence-corrected chi connectivity index (χ2v) is 6.13. The van der Waals surface area contributed by atoms with Crippen molar-refractivity contribution >= 4 is 22.8 Å². The van der Waals surface area contributed by atoms with Crippen molar-refractivity contribution in [2.75, 3.05) is 19.8 Å². The fraction of sp³-hybridized carbons (Fsp3) is 0.200. The van der Waals surface area contributed by atoms with Gasteiger partial charge in [0.2, 0.25) is 0 Å². The van der Waals surface area contributed by atoms with Crippen LogP contribution >= 0.6 is 0 Å². The Morgan fingerprint density at radius 2 is 1.89 bits per heavy atom. The van der Waals surface area contributed by atoms with E-state index in [1.807, 2.05) is 48.5 Å². The second-order valence-electron chi connectivity index (χ2n) is 6.13. The lowest BCUT2D eigenvalue weighted by Crippen LogP contribution is -2.42. The van der Waals surface area contributed by atoms with Crippen molar-refractivity contribution in [3.8, 4) is 11.5 Å². The molecule has 1 aliphatic heterocycles. The topological polar surface area (TPSA) is 89.7 Å². The molecule has 1 amide bonds. The fourth-order valence-electron chi connectivity index (χ4n) is 2.89. The highest BCUT2D eigenvalue weighted by Gasteiger charge is 2.21. The summed E-state index contributed by atoms with van der Waals surface area (Å²) >= 11 is 0. The van der Waals surface area contributed by atoms with Crippen LogP contribution in [0.5, 0.6) is 11.5 Å². The Labute approximate surface area is 155 Å². The number of fused-ring (bicyclic) bond motifs is 2. The summed E-state index contributed by atoms with van der Waals surface area (Å²) in [5.41, 5.74) is 1.24. The molecule has 2 heterocycles. The molecule has 0 aliphatic carbocycles. The van der Waals surface area contributed by atoms with Gasteiger partial charge in [-0.2, -0.15) is 0 Å². The van der Waals surface area contributed by atoms with E-state index < -0.39 is 11.9 Å². The summed E-state index contributed by atoms with van der Waals surface area (Å²) in [6, 6.07) is 14.8. The van der Waals surface area contributed by atoms with Crippen LogP contribution in [0.25, 0.3) is 10.9 Å². The van der Waals surface area contributed by atoms with Gasteiger partial charge in [-0.15, -0.1) is 0 Å². The standard InChI is InChI=1S/C20H18N2O5/c23-19(22-9-13-11-25-17-7-3-4-8-18(17)27-13)12-26-20(24)15-10-21-16-6-2-1-5-14(15)16/h1-8,10,13,21H,9,11-12H2,(H,22,23)/t13-/m0/s1. The average Bonchev–Trinajstić information content (AvgIpc) is 3.14. The molecule has 7 nitrogen and oxygen atoms in total. The number of para-hydroxylation sites is 3. The molecule has 3 aromatic rings. The van der Waals surface area contributed by atoms with Crippen LogP contribution in [-0.2, 0) is 9.53 Å². The highest BCUT2D eigenvalue weighted by atomic mass is 16.6. The number of H-pyrrole nitrogens is 1. The molecule has 2 aromatic carbocycles. The molecule has 1 atom stereocenters. The summed E-state index contributed by atoms with van der Waals surface area (Å²) in [4.78, 5) is 27.2. The number of carbonyl (C=O) groups excluding carboxylic acids is 2. The van der Waals surface area contributed by atoms with Crippen molar-refractivity contribution in [1.29, 1.82) is 0 Å². The third-order valence-electron chi connectivity index (χ3n) is 4.24. The first-order valence-electron chi connectivity index (χ1n) is 8.59. The van der Waals surface area contributed by atoms with Gasteiger partial charge in [0.15, 0.2) is 18.1 Å². The van der Waals surface area contributed by atoms with Gasteiger partial charge in [0, 0.05) is 17.1 Å². The van der Waals surface area contributed by atoms with Crippen LogP contribution < -0.4 is 14.8 Å². The lowest BCUT2D eigenvalue weighted by atomic mass is 10.2. The van der Waals surface area contributed by atoms with E-state index in [-0.39, 0.29) is 19.3 Å². The predicted octanol–water partition coefficient (Wildman–Crippen LogP) is 2.28. The normalized spacial score (nSPS) is 15.3. The van der Waals surface area contributed by atoms with Gasteiger partial charge >= 0.3 is 5.97 Å². The molecular formula is C20H18N2O5. The van der Waals surface area contributed by atoms with Gasteiger partial charge in [0.25, 0.3) is 5.91 Å². The number of rotatable bonds is 5. The van der Waals surface area contributed by atoms with Crippen LogP contribution in [0.3, 0.4) is 0 Å². The molecule has 0 saturated carbocycles. The van der Waals surface area contributed by atoms with E-state index in [2.05, 4.69) is 10.3 Å². The summed E-state index contributed by atoms with van der Waals surface area (Å²) in [6.07, 6.45) is 1.28. The van der Waals surface area contributed by atoms with Crippen molar-refractivity contribution in [1.82, 2.24) is 10.3 Å². The molecule has 0 radical (unpaired) electrons. The van der Waals surface area contributed by atoms with Crippen molar-refractivity contribution in [2.24, 2.45) is 0 Å². The number of carbonyl (C=O) groups is 2. The number of benzene rings is 2. The molecule has 27 heavy (non-hydrogen) atoms. The molecule has 0 saturated heterocycles. The van der Waals surface area contributed by atoms with Crippen molar-refractivity contribution in [2.45, 2.75) is 6.10 Å². The lowest BCUT2D eigenvalue weighted by Gasteiger charge is -2.26. The van der Waals surface area contributed by atoms with Gasteiger partial charge in [0.1, 0.15) is 12.7 Å². The Bertz CT molecular complexity index is 981. The number of ether oxygens (including phenoxy) is 3. The quantitative estimate of drug-likeness (QED) is 0.676. The summed E-state index contributed by atoms with van der Waals surface area (Å²) < 4.78 is 16.5. The maximum atomic E-state index is 12.2. The third kappa shape index (κ3) is 3.72. The maximum absolute atomic E-state index is 12.2. The van der Waals surface area contributed by atoms with Gasteiger partial charge < -0.3 is 24.5 Å². The van der Waals surface area contributed by atoms with Crippen LogP contribution in [-0.4, -0.2) is 42.7 Å². The summed E-state index contributed by atoms with van der Waals surface area (Å²) in [7, 11) is 0. The summed E-state index contributed by atoms with van der Waals surface area (Å²) in [6.45, 7) is 0.243. The predicted molar refractivity (Wildman–Crippen MR) is 97.9 cm³/mol. The minimum Gasteiger partial charge on any atom is -0.486 e. The van der Waals surface area contributed by atoms with Crippen LogP contribution in [0.1, 0.15) is 10.4 Å². The van der Waals surface area contributed by atoms with Gasteiger partial charge in [-0.05, 0) is 18.2 Å². The molecule has 0 spiro atoms. The van der Waals surface area contributed by atoms with E-state index in [0.717, 1.165) is 10.9 Å². The Kier molecular flexibility index (Phi) is 4.65. The van der Waals surface area contributed by atoms with Crippen molar-refractivity contribution in [3.05, 3.63) is 60.3 Å². The number of esters is 1. The molecule has 1 aliphatic rings. The largest absolute Gasteiger partial charge is 0.486 e. The number of amides is 1. The molecule has 0 unspecified atom stereocenters. The maximum Gasteiger partial charge on any atom is 0.340 e. The van der Waals surface area contributed by atoms with Gasteiger partial charge in [-0.3, -0.25) is 4.79 Å². The number of nitrogens with one attached hydrogen (secondary N) is 2. The van der Waals surface area contributed by atoms with Gasteiger partial charge in [-0.25, -0.2) is 4.79 Å². The minimum atomic E-state index is -0.547. The second kappa shape index (κ2) is 7.41. The van der Waals surface area contributed by atoms with E-state index in [4.69, 9.17) is 14.2 Å². The number of hydrogen-bond donors (Lipinski definition) is 2. The molecule has 138 valence electrons. The first-order chi connectivity index (χ1) is 13.2. The Morgan fingerprint density at radius 3 is 2.78 bits per heavy atom. The zero-order valence-corrected chi connectivity index (χ0v) is 14.4. The highest BCUT2D eigenvalue weighted by molar-refractivity contribution is 6.04.